The fraction of sp³-hybridized carbons (Fsp3) is 0.500. The van der Waals surface area contributed by atoms with Crippen molar-refractivity contribution in [3.05, 3.63) is 33.9 Å². The zero-order valence-corrected chi connectivity index (χ0v) is 14.2. The summed E-state index contributed by atoms with van der Waals surface area (Å²) in [6.45, 7) is 9.46. The van der Waals surface area contributed by atoms with Crippen molar-refractivity contribution in [1.82, 2.24) is 9.55 Å². The predicted molar refractivity (Wildman–Crippen MR) is 85.2 cm³/mol. The summed E-state index contributed by atoms with van der Waals surface area (Å²) in [7, 11) is -1.17. The highest BCUT2D eigenvalue weighted by atomic mass is 28.3. The summed E-state index contributed by atoms with van der Waals surface area (Å²) in [6, 6.07) is 3.35. The summed E-state index contributed by atoms with van der Waals surface area (Å²) in [4.78, 5) is 14.4. The quantitative estimate of drug-likeness (QED) is 0.351. The van der Waals surface area contributed by atoms with Crippen LogP contribution in [0.4, 0.5) is 10.1 Å². The molecule has 0 aliphatic heterocycles. The van der Waals surface area contributed by atoms with E-state index < -0.39 is 24.5 Å². The van der Waals surface area contributed by atoms with Gasteiger partial charge in [-0.3, -0.25) is 10.1 Å². The van der Waals surface area contributed by atoms with Crippen LogP contribution in [0.1, 0.15) is 5.82 Å². The lowest BCUT2D eigenvalue weighted by molar-refractivity contribution is -0.387. The van der Waals surface area contributed by atoms with Gasteiger partial charge in [0, 0.05) is 26.8 Å². The fourth-order valence-corrected chi connectivity index (χ4v) is 2.85. The molecule has 0 fully saturated rings. The number of imidazole rings is 1. The zero-order chi connectivity index (χ0) is 16.5. The number of nitrogens with zero attached hydrogens (tertiary/aromatic N) is 3. The molecule has 0 spiro atoms. The number of ether oxygens (including phenoxy) is 1. The molecule has 1 aromatic carbocycles. The second kappa shape index (κ2) is 6.13. The van der Waals surface area contributed by atoms with E-state index in [0.29, 0.717) is 23.5 Å². The first-order valence-corrected chi connectivity index (χ1v) is 10.8. The SMILES string of the molecule is Cc1nc2cc(F)c([N+](=O)[O-])cc2n1COCC[Si](C)(C)C. The number of nitro groups is 1. The molecule has 0 bridgehead atoms. The van der Waals surface area contributed by atoms with E-state index >= 15 is 0 Å². The molecule has 0 radical (unpaired) electrons. The van der Waals surface area contributed by atoms with Gasteiger partial charge >= 0.3 is 5.69 Å². The first kappa shape index (κ1) is 16.6. The Balaban J connectivity index is 2.24. The van der Waals surface area contributed by atoms with E-state index in [1.165, 1.54) is 6.07 Å². The van der Waals surface area contributed by atoms with Crippen LogP contribution < -0.4 is 0 Å². The Morgan fingerprint density at radius 1 is 1.41 bits per heavy atom. The lowest BCUT2D eigenvalue weighted by Crippen LogP contribution is -2.22. The monoisotopic (exact) mass is 325 g/mol. The molecule has 6 nitrogen and oxygen atoms in total. The topological polar surface area (TPSA) is 70.2 Å². The van der Waals surface area contributed by atoms with Gasteiger partial charge in [0.1, 0.15) is 12.6 Å². The van der Waals surface area contributed by atoms with Crippen molar-refractivity contribution in [3.8, 4) is 0 Å². The third-order valence-electron chi connectivity index (χ3n) is 3.42. The first-order valence-electron chi connectivity index (χ1n) is 7.07. The number of hydrogen-bond donors (Lipinski definition) is 0. The molecule has 1 heterocycles. The van der Waals surface area contributed by atoms with Gasteiger partial charge in [0.15, 0.2) is 0 Å². The Kier molecular flexibility index (Phi) is 4.62. The van der Waals surface area contributed by atoms with Gasteiger partial charge < -0.3 is 9.30 Å². The Bertz CT molecular complexity index is 709. The van der Waals surface area contributed by atoms with E-state index in [2.05, 4.69) is 24.6 Å². The Morgan fingerprint density at radius 3 is 2.68 bits per heavy atom. The Morgan fingerprint density at radius 2 is 2.09 bits per heavy atom. The molecule has 0 aliphatic carbocycles. The Labute approximate surface area is 129 Å². The van der Waals surface area contributed by atoms with E-state index in [1.807, 2.05) is 0 Å². The smallest absolute Gasteiger partial charge is 0.307 e. The summed E-state index contributed by atoms with van der Waals surface area (Å²) in [5.74, 6) is -0.232. The Hall–Kier alpha value is -1.80. The minimum absolute atomic E-state index is 0.260. The maximum atomic E-state index is 13.6. The van der Waals surface area contributed by atoms with Crippen LogP contribution in [0.3, 0.4) is 0 Å². The molecule has 0 saturated heterocycles. The van der Waals surface area contributed by atoms with Crippen LogP contribution in [0.2, 0.25) is 25.7 Å². The van der Waals surface area contributed by atoms with Gasteiger partial charge in [0.25, 0.3) is 0 Å². The number of aromatic nitrogens is 2. The van der Waals surface area contributed by atoms with Crippen LogP contribution in [-0.2, 0) is 11.5 Å². The lowest BCUT2D eigenvalue weighted by atomic mass is 10.2. The third-order valence-corrected chi connectivity index (χ3v) is 5.13. The highest BCUT2D eigenvalue weighted by Crippen LogP contribution is 2.25. The van der Waals surface area contributed by atoms with Crippen molar-refractivity contribution < 1.29 is 14.1 Å². The van der Waals surface area contributed by atoms with Crippen LogP contribution in [0.5, 0.6) is 0 Å². The molecule has 2 aromatic rings. The van der Waals surface area contributed by atoms with E-state index in [9.17, 15) is 14.5 Å². The van der Waals surface area contributed by atoms with E-state index in [1.54, 1.807) is 11.5 Å². The maximum Gasteiger partial charge on any atom is 0.307 e. The highest BCUT2D eigenvalue weighted by molar-refractivity contribution is 6.76. The number of aryl methyl sites for hydroxylation is 1. The summed E-state index contributed by atoms with van der Waals surface area (Å²) in [5, 5.41) is 10.9. The van der Waals surface area contributed by atoms with Crippen LogP contribution in [0.15, 0.2) is 12.1 Å². The van der Waals surface area contributed by atoms with Crippen LogP contribution in [0, 0.1) is 22.9 Å². The number of nitro benzene ring substituents is 1. The van der Waals surface area contributed by atoms with Gasteiger partial charge in [-0.25, -0.2) is 4.98 Å². The minimum Gasteiger partial charge on any atom is -0.361 e. The van der Waals surface area contributed by atoms with Crippen molar-refractivity contribution in [2.24, 2.45) is 0 Å². The largest absolute Gasteiger partial charge is 0.361 e. The van der Waals surface area contributed by atoms with E-state index in [-0.39, 0.29) is 6.73 Å². The highest BCUT2D eigenvalue weighted by Gasteiger charge is 2.19. The summed E-state index contributed by atoms with van der Waals surface area (Å²) >= 11 is 0. The second-order valence-electron chi connectivity index (χ2n) is 6.48. The van der Waals surface area contributed by atoms with E-state index in [4.69, 9.17) is 4.74 Å². The van der Waals surface area contributed by atoms with Gasteiger partial charge in [-0.2, -0.15) is 4.39 Å². The van der Waals surface area contributed by atoms with Crippen molar-refractivity contribution in [2.75, 3.05) is 6.61 Å². The third kappa shape index (κ3) is 3.69. The maximum absolute atomic E-state index is 13.6. The zero-order valence-electron chi connectivity index (χ0n) is 13.2. The van der Waals surface area contributed by atoms with Crippen LogP contribution >= 0.6 is 0 Å². The number of benzene rings is 1. The fourth-order valence-electron chi connectivity index (χ4n) is 2.09. The average Bonchev–Trinajstić information content (AvgIpc) is 2.67. The molecule has 22 heavy (non-hydrogen) atoms. The van der Waals surface area contributed by atoms with Crippen LogP contribution in [-0.4, -0.2) is 29.2 Å². The first-order chi connectivity index (χ1) is 10.2. The van der Waals surface area contributed by atoms with Gasteiger partial charge in [0.05, 0.1) is 16.0 Å². The molecule has 0 saturated carbocycles. The normalized spacial score (nSPS) is 12.0. The standard InChI is InChI=1S/C14H20FN3O3Si/c1-10-16-12-7-11(15)13(18(19)20)8-14(12)17(10)9-21-5-6-22(2,3)4/h7-8H,5-6,9H2,1-4H3. The molecule has 0 aliphatic rings. The molecule has 0 atom stereocenters. The van der Waals surface area contributed by atoms with Crippen LogP contribution in [0.25, 0.3) is 11.0 Å². The second-order valence-corrected chi connectivity index (χ2v) is 12.1. The predicted octanol–water partition coefficient (Wildman–Crippen LogP) is 3.70. The lowest BCUT2D eigenvalue weighted by Gasteiger charge is -2.16. The molecule has 0 unspecified atom stereocenters. The molecule has 0 N–H and O–H groups in total. The molecular formula is C14H20FN3O3Si. The van der Waals surface area contributed by atoms with Crippen molar-refractivity contribution in [2.45, 2.75) is 39.3 Å². The molecule has 120 valence electrons. The number of hydrogen-bond acceptors (Lipinski definition) is 4. The van der Waals surface area contributed by atoms with Crippen molar-refractivity contribution in [1.29, 1.82) is 0 Å². The molecule has 0 amide bonds. The molecule has 2 rings (SSSR count). The average molecular weight is 325 g/mol. The van der Waals surface area contributed by atoms with E-state index in [0.717, 1.165) is 12.1 Å². The van der Waals surface area contributed by atoms with Gasteiger partial charge in [0.2, 0.25) is 5.82 Å². The van der Waals surface area contributed by atoms with Gasteiger partial charge in [-0.05, 0) is 13.0 Å². The number of fused-ring (bicyclic) bond motifs is 1. The molecule has 8 heteroatoms. The van der Waals surface area contributed by atoms with Gasteiger partial charge in [-0.15, -0.1) is 0 Å². The van der Waals surface area contributed by atoms with Crippen molar-refractivity contribution in [3.63, 3.8) is 0 Å². The van der Waals surface area contributed by atoms with Gasteiger partial charge in [-0.1, -0.05) is 19.6 Å². The van der Waals surface area contributed by atoms with Crippen molar-refractivity contribution >= 4 is 24.8 Å². The summed E-state index contributed by atoms with van der Waals surface area (Å²) in [6.07, 6.45) is 0. The summed E-state index contributed by atoms with van der Waals surface area (Å²) in [5.41, 5.74) is 0.365. The number of halogens is 1. The summed E-state index contributed by atoms with van der Waals surface area (Å²) < 4.78 is 21.0. The molecule has 1 aromatic heterocycles. The minimum atomic E-state index is -1.17. The number of rotatable bonds is 6. The molecular weight excluding hydrogens is 305 g/mol.